The normalized spacial score (nSPS) is 10.3. The number of hydrogen-bond donors (Lipinski definition) is 1. The van der Waals surface area contributed by atoms with Crippen LogP contribution in [-0.4, -0.2) is 13.0 Å². The first-order chi connectivity index (χ1) is 6.22. The van der Waals surface area contributed by atoms with E-state index in [4.69, 9.17) is 9.68 Å². The van der Waals surface area contributed by atoms with Crippen molar-refractivity contribution in [1.82, 2.24) is 5.32 Å². The number of hydrogen-bond acceptors (Lipinski definition) is 3. The summed E-state index contributed by atoms with van der Waals surface area (Å²) < 4.78 is 28.3. The third kappa shape index (κ3) is 3.22. The number of alkyl halides is 2. The molecule has 0 saturated carbocycles. The first kappa shape index (κ1) is 9.68. The van der Waals surface area contributed by atoms with Crippen molar-refractivity contribution in [2.24, 2.45) is 0 Å². The summed E-state index contributed by atoms with van der Waals surface area (Å²) in [5.41, 5.74) is 0. The Kier molecular flexibility index (Phi) is 3.41. The zero-order chi connectivity index (χ0) is 9.68. The molecule has 13 heavy (non-hydrogen) atoms. The molecule has 1 N–H and O–H groups in total. The quantitative estimate of drug-likeness (QED) is 0.775. The van der Waals surface area contributed by atoms with Crippen LogP contribution in [0.4, 0.5) is 8.78 Å². The Labute approximate surface area is 74.0 Å². The van der Waals surface area contributed by atoms with Crippen LogP contribution in [0.2, 0.25) is 0 Å². The van der Waals surface area contributed by atoms with Crippen LogP contribution in [0.1, 0.15) is 11.5 Å². The van der Waals surface area contributed by atoms with Gasteiger partial charge in [0.05, 0.1) is 13.1 Å². The molecule has 70 valence electrons. The fourth-order valence-electron chi connectivity index (χ4n) is 0.837. The average Bonchev–Trinajstić information content (AvgIpc) is 2.52. The summed E-state index contributed by atoms with van der Waals surface area (Å²) in [6, 6.07) is 4.88. The Hall–Kier alpha value is -1.41. The van der Waals surface area contributed by atoms with Crippen molar-refractivity contribution in [3.8, 4) is 6.07 Å². The van der Waals surface area contributed by atoms with E-state index in [9.17, 15) is 8.78 Å². The predicted octanol–water partition coefficient (Wildman–Crippen LogP) is 1.51. The Balaban J connectivity index is 2.34. The smallest absolute Gasteiger partial charge is 0.250 e. The monoisotopic (exact) mass is 186 g/mol. The first-order valence-corrected chi connectivity index (χ1v) is 3.70. The van der Waals surface area contributed by atoms with Crippen molar-refractivity contribution in [2.45, 2.75) is 13.0 Å². The van der Waals surface area contributed by atoms with Gasteiger partial charge in [-0.05, 0) is 12.1 Å². The summed E-state index contributed by atoms with van der Waals surface area (Å²) in [6.45, 7) is -0.158. The fraction of sp³-hybridized carbons (Fsp3) is 0.375. The predicted molar refractivity (Wildman–Crippen MR) is 41.1 cm³/mol. The van der Waals surface area contributed by atoms with Crippen LogP contribution < -0.4 is 5.32 Å². The Morgan fingerprint density at radius 1 is 1.54 bits per heavy atom. The van der Waals surface area contributed by atoms with Crippen molar-refractivity contribution in [1.29, 1.82) is 5.26 Å². The minimum atomic E-state index is -2.37. The Morgan fingerprint density at radius 3 is 2.85 bits per heavy atom. The highest BCUT2D eigenvalue weighted by molar-refractivity contribution is 5.18. The molecule has 0 aromatic carbocycles. The lowest BCUT2D eigenvalue weighted by molar-refractivity contribution is 0.145. The Morgan fingerprint density at radius 2 is 2.31 bits per heavy atom. The molecule has 0 aliphatic heterocycles. The van der Waals surface area contributed by atoms with Gasteiger partial charge in [-0.25, -0.2) is 8.78 Å². The zero-order valence-electron chi connectivity index (χ0n) is 6.76. The van der Waals surface area contributed by atoms with E-state index in [1.807, 2.05) is 0 Å². The molecule has 0 aliphatic rings. The van der Waals surface area contributed by atoms with E-state index >= 15 is 0 Å². The van der Waals surface area contributed by atoms with Crippen LogP contribution in [0.5, 0.6) is 0 Å². The minimum absolute atomic E-state index is 0.189. The lowest BCUT2D eigenvalue weighted by Crippen LogP contribution is -2.20. The van der Waals surface area contributed by atoms with Crippen molar-refractivity contribution in [3.63, 3.8) is 0 Å². The van der Waals surface area contributed by atoms with Gasteiger partial charge in [0.2, 0.25) is 5.76 Å². The van der Waals surface area contributed by atoms with Crippen LogP contribution in [-0.2, 0) is 6.54 Å². The zero-order valence-corrected chi connectivity index (χ0v) is 6.76. The number of furan rings is 1. The second kappa shape index (κ2) is 4.58. The lowest BCUT2D eigenvalue weighted by Gasteiger charge is -1.99. The molecule has 0 fully saturated rings. The molecule has 1 aromatic heterocycles. The molecule has 0 bridgehead atoms. The van der Waals surface area contributed by atoms with Gasteiger partial charge in [-0.15, -0.1) is 0 Å². The molecule has 0 saturated heterocycles. The molecule has 0 amide bonds. The molecule has 0 unspecified atom stereocenters. The highest BCUT2D eigenvalue weighted by Crippen LogP contribution is 2.05. The number of nitrogens with zero attached hydrogens (tertiary/aromatic N) is 1. The van der Waals surface area contributed by atoms with E-state index in [2.05, 4.69) is 5.32 Å². The van der Waals surface area contributed by atoms with Gasteiger partial charge >= 0.3 is 0 Å². The number of nitrogens with one attached hydrogen (secondary N) is 1. The molecule has 1 rings (SSSR count). The van der Waals surface area contributed by atoms with Crippen LogP contribution in [0.3, 0.4) is 0 Å². The number of halogens is 2. The molecule has 1 heterocycles. The average molecular weight is 186 g/mol. The van der Waals surface area contributed by atoms with E-state index in [1.54, 1.807) is 12.1 Å². The summed E-state index contributed by atoms with van der Waals surface area (Å²) in [4.78, 5) is 0. The van der Waals surface area contributed by atoms with Crippen molar-refractivity contribution >= 4 is 0 Å². The molecule has 3 nitrogen and oxygen atoms in total. The summed E-state index contributed by atoms with van der Waals surface area (Å²) in [6.07, 6.45) is -2.37. The van der Waals surface area contributed by atoms with Crippen LogP contribution in [0.15, 0.2) is 16.5 Å². The molecule has 0 atom stereocenters. The maximum absolute atomic E-state index is 11.7. The first-order valence-electron chi connectivity index (χ1n) is 3.70. The highest BCUT2D eigenvalue weighted by atomic mass is 19.3. The van der Waals surface area contributed by atoms with Gasteiger partial charge in [0.15, 0.2) is 0 Å². The molecule has 0 spiro atoms. The van der Waals surface area contributed by atoms with E-state index in [0.717, 1.165) is 0 Å². The minimum Gasteiger partial charge on any atom is -0.449 e. The van der Waals surface area contributed by atoms with Crippen LogP contribution >= 0.6 is 0 Å². The molecular weight excluding hydrogens is 178 g/mol. The van der Waals surface area contributed by atoms with E-state index in [0.29, 0.717) is 5.76 Å². The largest absolute Gasteiger partial charge is 0.449 e. The second-order valence-electron chi connectivity index (χ2n) is 2.40. The highest BCUT2D eigenvalue weighted by Gasteiger charge is 2.03. The van der Waals surface area contributed by atoms with Crippen molar-refractivity contribution in [2.75, 3.05) is 6.54 Å². The molecule has 0 radical (unpaired) electrons. The van der Waals surface area contributed by atoms with E-state index in [-0.39, 0.29) is 18.8 Å². The Bertz CT molecular complexity index is 303. The van der Waals surface area contributed by atoms with Gasteiger partial charge in [-0.3, -0.25) is 0 Å². The van der Waals surface area contributed by atoms with E-state index in [1.165, 1.54) is 6.07 Å². The fourth-order valence-corrected chi connectivity index (χ4v) is 0.837. The van der Waals surface area contributed by atoms with Gasteiger partial charge in [0.25, 0.3) is 6.43 Å². The third-order valence-corrected chi connectivity index (χ3v) is 1.37. The van der Waals surface area contributed by atoms with E-state index < -0.39 is 6.43 Å². The number of rotatable bonds is 4. The third-order valence-electron chi connectivity index (χ3n) is 1.37. The summed E-state index contributed by atoms with van der Waals surface area (Å²) in [5, 5.41) is 10.9. The van der Waals surface area contributed by atoms with Gasteiger partial charge in [-0.1, -0.05) is 0 Å². The topological polar surface area (TPSA) is 49.0 Å². The van der Waals surface area contributed by atoms with Gasteiger partial charge < -0.3 is 9.73 Å². The molecule has 0 aliphatic carbocycles. The maximum atomic E-state index is 11.7. The number of nitriles is 1. The van der Waals surface area contributed by atoms with Crippen LogP contribution in [0, 0.1) is 11.3 Å². The molecule has 1 aromatic rings. The molecule has 5 heteroatoms. The van der Waals surface area contributed by atoms with Crippen LogP contribution in [0.25, 0.3) is 0 Å². The summed E-state index contributed by atoms with van der Waals surface area (Å²) in [5.74, 6) is 0.672. The SMILES string of the molecule is N#Cc1ccc(CNCC(F)F)o1. The van der Waals surface area contributed by atoms with Crippen molar-refractivity contribution in [3.05, 3.63) is 23.7 Å². The maximum Gasteiger partial charge on any atom is 0.250 e. The van der Waals surface area contributed by atoms with Gasteiger partial charge in [-0.2, -0.15) is 5.26 Å². The summed E-state index contributed by atoms with van der Waals surface area (Å²) >= 11 is 0. The van der Waals surface area contributed by atoms with Crippen molar-refractivity contribution < 1.29 is 13.2 Å². The second-order valence-corrected chi connectivity index (χ2v) is 2.40. The van der Waals surface area contributed by atoms with Gasteiger partial charge in [0.1, 0.15) is 11.8 Å². The standard InChI is InChI=1S/C8H8F2N2O/c9-8(10)5-12-4-7-2-1-6(3-11)13-7/h1-2,8,12H,4-5H2. The molecular formula is C8H8F2N2O. The lowest BCUT2D eigenvalue weighted by atomic mass is 10.4. The summed E-state index contributed by atoms with van der Waals surface area (Å²) in [7, 11) is 0. The van der Waals surface area contributed by atoms with Gasteiger partial charge in [0, 0.05) is 0 Å².